The molecule has 0 saturated carbocycles. The Morgan fingerprint density at radius 1 is 1.33 bits per heavy atom. The second-order valence-corrected chi connectivity index (χ2v) is 3.35. The van der Waals surface area contributed by atoms with Crippen molar-refractivity contribution in [3.05, 3.63) is 30.1 Å². The third kappa shape index (κ3) is 5.80. The van der Waals surface area contributed by atoms with Crippen LogP contribution in [0.3, 0.4) is 0 Å². The fourth-order valence-corrected chi connectivity index (χ4v) is 1.29. The topological polar surface area (TPSA) is 62.2 Å². The Kier molecular flexibility index (Phi) is 5.40. The van der Waals surface area contributed by atoms with Gasteiger partial charge in [-0.05, 0) is 37.1 Å². The van der Waals surface area contributed by atoms with E-state index in [0.717, 1.165) is 19.4 Å². The molecule has 0 aromatic carbocycles. The van der Waals surface area contributed by atoms with E-state index in [2.05, 4.69) is 10.3 Å². The van der Waals surface area contributed by atoms with Gasteiger partial charge in [-0.2, -0.15) is 0 Å². The number of nitrogens with zero attached hydrogens (tertiary/aromatic N) is 1. The lowest BCUT2D eigenvalue weighted by molar-refractivity contribution is -0.136. The van der Waals surface area contributed by atoms with Crippen molar-refractivity contribution in [3.8, 4) is 0 Å². The molecule has 0 amide bonds. The fourth-order valence-electron chi connectivity index (χ4n) is 1.29. The van der Waals surface area contributed by atoms with Crippen molar-refractivity contribution >= 4 is 5.97 Å². The minimum absolute atomic E-state index is 0.190. The van der Waals surface area contributed by atoms with Gasteiger partial charge in [0.05, 0.1) is 6.42 Å². The van der Waals surface area contributed by atoms with Crippen LogP contribution in [-0.2, 0) is 11.2 Å². The molecule has 0 radical (unpaired) electrons. The molecule has 1 heterocycles. The van der Waals surface area contributed by atoms with Crippen LogP contribution in [0.25, 0.3) is 0 Å². The number of pyridine rings is 1. The number of rotatable bonds is 7. The molecular formula is C11H16N2O2. The molecule has 0 aliphatic rings. The second-order valence-electron chi connectivity index (χ2n) is 3.35. The highest BCUT2D eigenvalue weighted by Crippen LogP contribution is 1.99. The Bertz CT molecular complexity index is 288. The summed E-state index contributed by atoms with van der Waals surface area (Å²) in [5.41, 5.74) is 1.27. The lowest BCUT2D eigenvalue weighted by atomic mass is 10.1. The van der Waals surface area contributed by atoms with Crippen LogP contribution in [0.5, 0.6) is 0 Å². The highest BCUT2D eigenvalue weighted by atomic mass is 16.4. The number of nitrogens with one attached hydrogen (secondary N) is 1. The SMILES string of the molecule is O=C(O)CCNCCCc1ccncc1. The molecule has 15 heavy (non-hydrogen) atoms. The molecule has 0 saturated heterocycles. The Morgan fingerprint density at radius 2 is 2.07 bits per heavy atom. The summed E-state index contributed by atoms with van der Waals surface area (Å²) in [6.07, 6.45) is 5.78. The van der Waals surface area contributed by atoms with Gasteiger partial charge < -0.3 is 10.4 Å². The summed E-state index contributed by atoms with van der Waals surface area (Å²) in [6, 6.07) is 3.99. The van der Waals surface area contributed by atoms with Gasteiger partial charge in [-0.3, -0.25) is 9.78 Å². The zero-order valence-electron chi connectivity index (χ0n) is 8.65. The first-order valence-electron chi connectivity index (χ1n) is 5.10. The van der Waals surface area contributed by atoms with E-state index in [-0.39, 0.29) is 6.42 Å². The van der Waals surface area contributed by atoms with Crippen LogP contribution in [0.1, 0.15) is 18.4 Å². The molecule has 4 heteroatoms. The van der Waals surface area contributed by atoms with E-state index in [1.54, 1.807) is 12.4 Å². The predicted molar refractivity (Wildman–Crippen MR) is 57.7 cm³/mol. The van der Waals surface area contributed by atoms with Gasteiger partial charge in [-0.25, -0.2) is 0 Å². The molecule has 2 N–H and O–H groups in total. The molecule has 1 aromatic rings. The zero-order chi connectivity index (χ0) is 10.9. The fraction of sp³-hybridized carbons (Fsp3) is 0.455. The Labute approximate surface area is 89.3 Å². The predicted octanol–water partition coefficient (Wildman–Crippen LogP) is 1.08. The summed E-state index contributed by atoms with van der Waals surface area (Å²) in [7, 11) is 0. The molecule has 1 aromatic heterocycles. The number of aryl methyl sites for hydroxylation is 1. The van der Waals surface area contributed by atoms with E-state index in [9.17, 15) is 4.79 Å². The summed E-state index contributed by atoms with van der Waals surface area (Å²) in [6.45, 7) is 1.40. The van der Waals surface area contributed by atoms with Gasteiger partial charge in [0, 0.05) is 18.9 Å². The minimum Gasteiger partial charge on any atom is -0.481 e. The lowest BCUT2D eigenvalue weighted by Crippen LogP contribution is -2.19. The van der Waals surface area contributed by atoms with Gasteiger partial charge in [0.15, 0.2) is 0 Å². The molecule has 0 aliphatic carbocycles. The Balaban J connectivity index is 2.00. The number of hydrogen-bond donors (Lipinski definition) is 2. The van der Waals surface area contributed by atoms with E-state index in [0.29, 0.717) is 6.54 Å². The van der Waals surface area contributed by atoms with Crippen LogP contribution in [0.2, 0.25) is 0 Å². The van der Waals surface area contributed by atoms with Gasteiger partial charge in [0.1, 0.15) is 0 Å². The van der Waals surface area contributed by atoms with Crippen molar-refractivity contribution in [2.24, 2.45) is 0 Å². The van der Waals surface area contributed by atoms with Gasteiger partial charge in [-0.15, -0.1) is 0 Å². The monoisotopic (exact) mass is 208 g/mol. The molecule has 0 aliphatic heterocycles. The van der Waals surface area contributed by atoms with Crippen LogP contribution in [0.4, 0.5) is 0 Å². The summed E-state index contributed by atoms with van der Waals surface area (Å²) in [5.74, 6) is -0.753. The van der Waals surface area contributed by atoms with E-state index in [1.165, 1.54) is 5.56 Å². The van der Waals surface area contributed by atoms with Gasteiger partial charge in [0.2, 0.25) is 0 Å². The number of carboxylic acid groups (broad SMARTS) is 1. The maximum Gasteiger partial charge on any atom is 0.304 e. The van der Waals surface area contributed by atoms with E-state index < -0.39 is 5.97 Å². The maximum absolute atomic E-state index is 10.2. The maximum atomic E-state index is 10.2. The zero-order valence-corrected chi connectivity index (χ0v) is 8.65. The highest BCUT2D eigenvalue weighted by molar-refractivity contribution is 5.66. The average Bonchev–Trinajstić information content (AvgIpc) is 2.24. The lowest BCUT2D eigenvalue weighted by Gasteiger charge is -2.02. The Hall–Kier alpha value is -1.42. The highest BCUT2D eigenvalue weighted by Gasteiger charge is 1.95. The molecule has 0 atom stereocenters. The van der Waals surface area contributed by atoms with Crippen LogP contribution >= 0.6 is 0 Å². The van der Waals surface area contributed by atoms with Crippen molar-refractivity contribution in [1.82, 2.24) is 10.3 Å². The van der Waals surface area contributed by atoms with Crippen LogP contribution in [-0.4, -0.2) is 29.1 Å². The molecule has 82 valence electrons. The Morgan fingerprint density at radius 3 is 2.73 bits per heavy atom. The average molecular weight is 208 g/mol. The van der Waals surface area contributed by atoms with E-state index >= 15 is 0 Å². The number of aromatic nitrogens is 1. The first kappa shape index (κ1) is 11.7. The molecule has 0 unspecified atom stereocenters. The second kappa shape index (κ2) is 6.95. The molecule has 1 rings (SSSR count). The van der Waals surface area contributed by atoms with E-state index in [4.69, 9.17) is 5.11 Å². The summed E-state index contributed by atoms with van der Waals surface area (Å²) < 4.78 is 0. The van der Waals surface area contributed by atoms with Crippen LogP contribution < -0.4 is 5.32 Å². The van der Waals surface area contributed by atoms with Crippen molar-refractivity contribution in [2.75, 3.05) is 13.1 Å². The first-order valence-corrected chi connectivity index (χ1v) is 5.10. The van der Waals surface area contributed by atoms with Gasteiger partial charge in [-0.1, -0.05) is 0 Å². The first-order chi connectivity index (χ1) is 7.29. The van der Waals surface area contributed by atoms with Crippen molar-refractivity contribution in [2.45, 2.75) is 19.3 Å². The molecule has 4 nitrogen and oxygen atoms in total. The molecule has 0 fully saturated rings. The number of aliphatic carboxylic acids is 1. The van der Waals surface area contributed by atoms with Crippen LogP contribution in [0, 0.1) is 0 Å². The summed E-state index contributed by atoms with van der Waals surface area (Å²) in [5, 5.41) is 11.5. The number of hydrogen-bond acceptors (Lipinski definition) is 3. The van der Waals surface area contributed by atoms with Crippen LogP contribution in [0.15, 0.2) is 24.5 Å². The van der Waals surface area contributed by atoms with Crippen molar-refractivity contribution in [3.63, 3.8) is 0 Å². The standard InChI is InChI=1S/C11H16N2O2/c14-11(15)5-9-12-6-1-2-10-3-7-13-8-4-10/h3-4,7-8,12H,1-2,5-6,9H2,(H,14,15). The minimum atomic E-state index is -0.753. The summed E-state index contributed by atoms with van der Waals surface area (Å²) in [4.78, 5) is 14.1. The third-order valence-corrected chi connectivity index (χ3v) is 2.08. The van der Waals surface area contributed by atoms with Gasteiger partial charge >= 0.3 is 5.97 Å². The number of carboxylic acids is 1. The third-order valence-electron chi connectivity index (χ3n) is 2.08. The molecule has 0 bridgehead atoms. The summed E-state index contributed by atoms with van der Waals surface area (Å²) >= 11 is 0. The normalized spacial score (nSPS) is 10.1. The van der Waals surface area contributed by atoms with Gasteiger partial charge in [0.25, 0.3) is 0 Å². The smallest absolute Gasteiger partial charge is 0.304 e. The molecule has 0 spiro atoms. The number of carbonyl (C=O) groups is 1. The quantitative estimate of drug-likeness (QED) is 0.658. The largest absolute Gasteiger partial charge is 0.481 e. The van der Waals surface area contributed by atoms with Crippen molar-refractivity contribution < 1.29 is 9.90 Å². The van der Waals surface area contributed by atoms with Crippen molar-refractivity contribution in [1.29, 1.82) is 0 Å². The molecular weight excluding hydrogens is 192 g/mol. The van der Waals surface area contributed by atoms with E-state index in [1.807, 2.05) is 12.1 Å².